The lowest BCUT2D eigenvalue weighted by Crippen LogP contribution is -2.21. The lowest BCUT2D eigenvalue weighted by Gasteiger charge is -2.14. The van der Waals surface area contributed by atoms with Gasteiger partial charge in [0, 0.05) is 19.1 Å². The summed E-state index contributed by atoms with van der Waals surface area (Å²) in [5.74, 6) is 1.23. The van der Waals surface area contributed by atoms with Crippen LogP contribution in [0, 0.1) is 17.2 Å². The molecular formula is C11H14N4O. The number of anilines is 1. The van der Waals surface area contributed by atoms with Gasteiger partial charge in [-0.1, -0.05) is 0 Å². The van der Waals surface area contributed by atoms with E-state index in [1.54, 1.807) is 6.20 Å². The van der Waals surface area contributed by atoms with Crippen LogP contribution in [0.1, 0.15) is 19.0 Å². The third-order valence-electron chi connectivity index (χ3n) is 2.84. The van der Waals surface area contributed by atoms with E-state index in [1.165, 1.54) is 6.20 Å². The minimum Gasteiger partial charge on any atom is -0.378 e. The van der Waals surface area contributed by atoms with E-state index in [-0.39, 0.29) is 0 Å². The van der Waals surface area contributed by atoms with Crippen molar-refractivity contribution in [3.8, 4) is 6.07 Å². The molecule has 5 heteroatoms. The van der Waals surface area contributed by atoms with Crippen molar-refractivity contribution in [2.45, 2.75) is 19.4 Å². The van der Waals surface area contributed by atoms with Crippen molar-refractivity contribution >= 4 is 5.82 Å². The standard InChI is InChI=1S/C11H14N4O/c1-8-9(2-3-16-8)5-14-11-7-13-10(4-12)6-15-11/h6-9H,2-3,5H2,1H3,(H,14,15). The van der Waals surface area contributed by atoms with Gasteiger partial charge in [0.2, 0.25) is 0 Å². The fourth-order valence-corrected chi connectivity index (χ4v) is 1.76. The Morgan fingerprint density at radius 2 is 2.44 bits per heavy atom. The van der Waals surface area contributed by atoms with E-state index in [9.17, 15) is 0 Å². The minimum absolute atomic E-state index is 0.304. The van der Waals surface area contributed by atoms with Crippen molar-refractivity contribution < 1.29 is 4.74 Å². The molecule has 5 nitrogen and oxygen atoms in total. The highest BCUT2D eigenvalue weighted by molar-refractivity contribution is 5.33. The van der Waals surface area contributed by atoms with Gasteiger partial charge in [0.05, 0.1) is 18.5 Å². The van der Waals surface area contributed by atoms with Gasteiger partial charge in [-0.15, -0.1) is 0 Å². The van der Waals surface area contributed by atoms with Crippen LogP contribution in [0.4, 0.5) is 5.82 Å². The van der Waals surface area contributed by atoms with Crippen LogP contribution in [0.3, 0.4) is 0 Å². The summed E-state index contributed by atoms with van der Waals surface area (Å²) in [5.41, 5.74) is 0.336. The Bertz CT molecular complexity index is 384. The molecule has 0 bridgehead atoms. The van der Waals surface area contributed by atoms with Crippen LogP contribution in [0.15, 0.2) is 12.4 Å². The number of nitriles is 1. The smallest absolute Gasteiger partial charge is 0.158 e. The number of ether oxygens (including phenoxy) is 1. The Balaban J connectivity index is 1.87. The molecule has 1 saturated heterocycles. The second-order valence-electron chi connectivity index (χ2n) is 3.90. The second-order valence-corrected chi connectivity index (χ2v) is 3.90. The average molecular weight is 218 g/mol. The molecule has 0 radical (unpaired) electrons. The number of hydrogen-bond donors (Lipinski definition) is 1. The van der Waals surface area contributed by atoms with E-state index in [2.05, 4.69) is 22.2 Å². The Hall–Kier alpha value is -1.67. The molecule has 1 aliphatic rings. The fourth-order valence-electron chi connectivity index (χ4n) is 1.76. The van der Waals surface area contributed by atoms with Crippen molar-refractivity contribution in [2.24, 2.45) is 5.92 Å². The molecule has 0 saturated carbocycles. The Labute approximate surface area is 94.5 Å². The first-order valence-corrected chi connectivity index (χ1v) is 5.37. The molecule has 84 valence electrons. The molecule has 2 heterocycles. The molecule has 1 aromatic heterocycles. The van der Waals surface area contributed by atoms with Crippen LogP contribution in [-0.4, -0.2) is 29.2 Å². The van der Waals surface area contributed by atoms with E-state index in [0.717, 1.165) is 19.6 Å². The predicted octanol–water partition coefficient (Wildman–Crippen LogP) is 1.19. The van der Waals surface area contributed by atoms with Crippen LogP contribution in [0.2, 0.25) is 0 Å². The summed E-state index contributed by atoms with van der Waals surface area (Å²) in [7, 11) is 0. The molecule has 2 rings (SSSR count). The first-order valence-electron chi connectivity index (χ1n) is 5.37. The van der Waals surface area contributed by atoms with E-state index in [1.807, 2.05) is 6.07 Å². The highest BCUT2D eigenvalue weighted by atomic mass is 16.5. The molecule has 2 atom stereocenters. The summed E-state index contributed by atoms with van der Waals surface area (Å²) >= 11 is 0. The van der Waals surface area contributed by atoms with Gasteiger partial charge in [-0.25, -0.2) is 9.97 Å². The summed E-state index contributed by atoms with van der Waals surface area (Å²) in [6, 6.07) is 1.94. The molecule has 0 amide bonds. The molecular weight excluding hydrogens is 204 g/mol. The van der Waals surface area contributed by atoms with Crippen molar-refractivity contribution in [1.82, 2.24) is 9.97 Å². The lowest BCUT2D eigenvalue weighted by atomic mass is 10.0. The van der Waals surface area contributed by atoms with Crippen molar-refractivity contribution in [3.63, 3.8) is 0 Å². The summed E-state index contributed by atoms with van der Waals surface area (Å²) in [6.07, 6.45) is 4.44. The lowest BCUT2D eigenvalue weighted by molar-refractivity contribution is 0.108. The normalized spacial score (nSPS) is 24.0. The summed E-state index contributed by atoms with van der Waals surface area (Å²) in [5, 5.41) is 11.8. The maximum atomic E-state index is 8.58. The number of aromatic nitrogens is 2. The van der Waals surface area contributed by atoms with Gasteiger partial charge in [-0.2, -0.15) is 5.26 Å². The van der Waals surface area contributed by atoms with Crippen molar-refractivity contribution in [2.75, 3.05) is 18.5 Å². The van der Waals surface area contributed by atoms with Crippen LogP contribution in [-0.2, 0) is 4.74 Å². The highest BCUT2D eigenvalue weighted by Crippen LogP contribution is 2.20. The Morgan fingerprint density at radius 3 is 3.00 bits per heavy atom. The first-order chi connectivity index (χ1) is 7.79. The van der Waals surface area contributed by atoms with Gasteiger partial charge in [0.25, 0.3) is 0 Å². The predicted molar refractivity (Wildman–Crippen MR) is 58.8 cm³/mol. The molecule has 0 aliphatic carbocycles. The van der Waals surface area contributed by atoms with E-state index in [0.29, 0.717) is 23.5 Å². The van der Waals surface area contributed by atoms with Gasteiger partial charge in [0.15, 0.2) is 5.69 Å². The molecule has 0 spiro atoms. The number of rotatable bonds is 3. The monoisotopic (exact) mass is 218 g/mol. The highest BCUT2D eigenvalue weighted by Gasteiger charge is 2.23. The zero-order valence-electron chi connectivity index (χ0n) is 9.18. The summed E-state index contributed by atoms with van der Waals surface area (Å²) in [4.78, 5) is 8.04. The zero-order chi connectivity index (χ0) is 11.4. The molecule has 1 N–H and O–H groups in total. The maximum absolute atomic E-state index is 8.58. The number of hydrogen-bond acceptors (Lipinski definition) is 5. The third-order valence-corrected chi connectivity index (χ3v) is 2.84. The second kappa shape index (κ2) is 4.90. The van der Waals surface area contributed by atoms with Gasteiger partial charge in [-0.3, -0.25) is 0 Å². The van der Waals surface area contributed by atoms with Crippen LogP contribution >= 0.6 is 0 Å². The van der Waals surface area contributed by atoms with Gasteiger partial charge < -0.3 is 10.1 Å². The van der Waals surface area contributed by atoms with E-state index in [4.69, 9.17) is 10.00 Å². The zero-order valence-corrected chi connectivity index (χ0v) is 9.18. The van der Waals surface area contributed by atoms with Crippen LogP contribution in [0.25, 0.3) is 0 Å². The summed E-state index contributed by atoms with van der Waals surface area (Å²) in [6.45, 7) is 3.76. The van der Waals surface area contributed by atoms with Gasteiger partial charge in [0.1, 0.15) is 11.9 Å². The molecule has 2 unspecified atom stereocenters. The molecule has 1 aromatic rings. The van der Waals surface area contributed by atoms with Crippen molar-refractivity contribution in [3.05, 3.63) is 18.1 Å². The van der Waals surface area contributed by atoms with E-state index < -0.39 is 0 Å². The molecule has 1 fully saturated rings. The fraction of sp³-hybridized carbons (Fsp3) is 0.545. The topological polar surface area (TPSA) is 70.8 Å². The van der Waals surface area contributed by atoms with Gasteiger partial charge in [-0.05, 0) is 13.3 Å². The summed E-state index contributed by atoms with van der Waals surface area (Å²) < 4.78 is 5.47. The number of nitrogens with zero attached hydrogens (tertiary/aromatic N) is 3. The average Bonchev–Trinajstić information content (AvgIpc) is 2.73. The third kappa shape index (κ3) is 2.47. The van der Waals surface area contributed by atoms with Crippen LogP contribution < -0.4 is 5.32 Å². The Kier molecular flexibility index (Phi) is 3.32. The minimum atomic E-state index is 0.304. The SMILES string of the molecule is CC1OCCC1CNc1cnc(C#N)cn1. The van der Waals surface area contributed by atoms with Gasteiger partial charge >= 0.3 is 0 Å². The molecule has 1 aliphatic heterocycles. The largest absolute Gasteiger partial charge is 0.378 e. The van der Waals surface area contributed by atoms with Crippen molar-refractivity contribution in [1.29, 1.82) is 5.26 Å². The van der Waals surface area contributed by atoms with Crippen LogP contribution in [0.5, 0.6) is 0 Å². The Morgan fingerprint density at radius 1 is 1.56 bits per heavy atom. The molecule has 0 aromatic carbocycles. The molecule has 16 heavy (non-hydrogen) atoms. The first kappa shape index (κ1) is 10.8. The number of nitrogens with one attached hydrogen (secondary N) is 1. The maximum Gasteiger partial charge on any atom is 0.158 e. The quantitative estimate of drug-likeness (QED) is 0.825. The van der Waals surface area contributed by atoms with E-state index >= 15 is 0 Å².